The summed E-state index contributed by atoms with van der Waals surface area (Å²) in [5.74, 6) is 1.81. The Bertz CT molecular complexity index is 695. The molecule has 0 fully saturated rings. The molecular formula is C14H17N5O2. The summed E-state index contributed by atoms with van der Waals surface area (Å²) in [7, 11) is 1.52. The highest BCUT2D eigenvalue weighted by Gasteiger charge is 2.26. The molecule has 0 saturated heterocycles. The molecule has 0 N–H and O–H groups in total. The Balaban J connectivity index is 1.87. The minimum absolute atomic E-state index is 0.0914. The van der Waals surface area contributed by atoms with Crippen molar-refractivity contribution >= 4 is 5.91 Å². The van der Waals surface area contributed by atoms with Gasteiger partial charge < -0.3 is 9.64 Å². The second kappa shape index (κ2) is 5.16. The molecular weight excluding hydrogens is 270 g/mol. The number of carbonyl (C=O) groups excluding carboxylic acids is 1. The van der Waals surface area contributed by atoms with Gasteiger partial charge in [-0.1, -0.05) is 0 Å². The van der Waals surface area contributed by atoms with Crippen molar-refractivity contribution in [2.45, 2.75) is 26.9 Å². The van der Waals surface area contributed by atoms with Gasteiger partial charge in [0.1, 0.15) is 17.2 Å². The van der Waals surface area contributed by atoms with Crippen LogP contribution < -0.4 is 4.74 Å². The largest absolute Gasteiger partial charge is 0.480 e. The fourth-order valence-corrected chi connectivity index (χ4v) is 2.46. The number of aryl methyl sites for hydroxylation is 2. The highest BCUT2D eigenvalue weighted by atomic mass is 16.5. The minimum Gasteiger partial charge on any atom is -0.480 e. The fourth-order valence-electron chi connectivity index (χ4n) is 2.46. The van der Waals surface area contributed by atoms with Gasteiger partial charge in [0.25, 0.3) is 5.91 Å². The number of amides is 1. The van der Waals surface area contributed by atoms with Crippen LogP contribution in [0.3, 0.4) is 0 Å². The van der Waals surface area contributed by atoms with E-state index < -0.39 is 0 Å². The van der Waals surface area contributed by atoms with Crippen molar-refractivity contribution in [2.24, 2.45) is 0 Å². The first-order valence-corrected chi connectivity index (χ1v) is 6.79. The lowest BCUT2D eigenvalue weighted by Gasteiger charge is -2.27. The molecule has 0 spiro atoms. The van der Waals surface area contributed by atoms with Crippen LogP contribution in [0.15, 0.2) is 12.1 Å². The zero-order valence-electron chi connectivity index (χ0n) is 12.3. The van der Waals surface area contributed by atoms with E-state index in [1.165, 1.54) is 7.11 Å². The van der Waals surface area contributed by atoms with Crippen LogP contribution in [-0.2, 0) is 13.1 Å². The van der Waals surface area contributed by atoms with Gasteiger partial charge in [0.2, 0.25) is 5.88 Å². The van der Waals surface area contributed by atoms with Crippen LogP contribution in [0.25, 0.3) is 0 Å². The maximum atomic E-state index is 12.7. The standard InChI is InChI=1S/C14H17N5O2/c1-9-4-5-11(13(15-9)21-3)14(20)18-6-7-19-12(8-18)16-10(2)17-19/h4-5H,6-8H2,1-3H3. The highest BCUT2D eigenvalue weighted by molar-refractivity contribution is 5.96. The number of rotatable bonds is 2. The minimum atomic E-state index is -0.0914. The SMILES string of the molecule is COc1nc(C)ccc1C(=O)N1CCn2nc(C)nc2C1. The third kappa shape index (κ3) is 2.46. The molecule has 0 bridgehead atoms. The van der Waals surface area contributed by atoms with Gasteiger partial charge >= 0.3 is 0 Å². The maximum Gasteiger partial charge on any atom is 0.259 e. The predicted molar refractivity (Wildman–Crippen MR) is 75.0 cm³/mol. The van der Waals surface area contributed by atoms with Crippen LogP contribution >= 0.6 is 0 Å². The number of nitrogens with zero attached hydrogens (tertiary/aromatic N) is 5. The van der Waals surface area contributed by atoms with Crippen LogP contribution in [0.5, 0.6) is 5.88 Å². The van der Waals surface area contributed by atoms with E-state index in [4.69, 9.17) is 4.74 Å². The van der Waals surface area contributed by atoms with Crippen molar-refractivity contribution in [1.82, 2.24) is 24.6 Å². The normalized spacial score (nSPS) is 14.0. The Morgan fingerprint density at radius 2 is 2.05 bits per heavy atom. The van der Waals surface area contributed by atoms with E-state index >= 15 is 0 Å². The molecule has 0 aromatic carbocycles. The fraction of sp³-hybridized carbons (Fsp3) is 0.429. The molecule has 7 heteroatoms. The Hall–Kier alpha value is -2.44. The average Bonchev–Trinajstić information content (AvgIpc) is 2.85. The Labute approximate surface area is 122 Å². The van der Waals surface area contributed by atoms with Crippen molar-refractivity contribution in [3.05, 3.63) is 35.0 Å². The number of hydrogen-bond donors (Lipinski definition) is 0. The molecule has 21 heavy (non-hydrogen) atoms. The summed E-state index contributed by atoms with van der Waals surface area (Å²) >= 11 is 0. The van der Waals surface area contributed by atoms with Gasteiger partial charge in [-0.2, -0.15) is 5.10 Å². The van der Waals surface area contributed by atoms with E-state index in [9.17, 15) is 4.79 Å². The van der Waals surface area contributed by atoms with Crippen molar-refractivity contribution in [2.75, 3.05) is 13.7 Å². The number of aromatic nitrogens is 4. The first-order chi connectivity index (χ1) is 10.1. The summed E-state index contributed by atoms with van der Waals surface area (Å²) < 4.78 is 7.07. The second-order valence-electron chi connectivity index (χ2n) is 5.03. The van der Waals surface area contributed by atoms with Crippen LogP contribution in [-0.4, -0.2) is 44.2 Å². The molecule has 1 amide bonds. The molecule has 0 saturated carbocycles. The number of methoxy groups -OCH3 is 1. The zero-order chi connectivity index (χ0) is 15.0. The summed E-state index contributed by atoms with van der Waals surface area (Å²) in [4.78, 5) is 23.0. The molecule has 0 aliphatic carbocycles. The molecule has 3 heterocycles. The van der Waals surface area contributed by atoms with E-state index in [1.54, 1.807) is 11.0 Å². The van der Waals surface area contributed by atoms with E-state index in [0.29, 0.717) is 31.1 Å². The van der Waals surface area contributed by atoms with E-state index in [0.717, 1.165) is 17.3 Å². The zero-order valence-corrected chi connectivity index (χ0v) is 12.3. The molecule has 2 aromatic heterocycles. The van der Waals surface area contributed by atoms with Crippen molar-refractivity contribution in [3.8, 4) is 5.88 Å². The number of hydrogen-bond acceptors (Lipinski definition) is 5. The highest BCUT2D eigenvalue weighted by Crippen LogP contribution is 2.20. The summed E-state index contributed by atoms with van der Waals surface area (Å²) in [6, 6.07) is 3.57. The Morgan fingerprint density at radius 1 is 1.24 bits per heavy atom. The molecule has 1 aliphatic rings. The predicted octanol–water partition coefficient (Wildman–Crippen LogP) is 0.955. The summed E-state index contributed by atoms with van der Waals surface area (Å²) in [5.41, 5.74) is 1.30. The lowest BCUT2D eigenvalue weighted by atomic mass is 10.2. The first kappa shape index (κ1) is 13.5. The lowest BCUT2D eigenvalue weighted by Crippen LogP contribution is -2.39. The Morgan fingerprint density at radius 3 is 2.81 bits per heavy atom. The molecule has 0 unspecified atom stereocenters. The maximum absolute atomic E-state index is 12.7. The molecule has 0 radical (unpaired) electrons. The van der Waals surface area contributed by atoms with Gasteiger partial charge in [-0.25, -0.2) is 14.6 Å². The van der Waals surface area contributed by atoms with Gasteiger partial charge in [-0.15, -0.1) is 0 Å². The monoisotopic (exact) mass is 287 g/mol. The van der Waals surface area contributed by atoms with E-state index in [1.807, 2.05) is 24.6 Å². The third-order valence-electron chi connectivity index (χ3n) is 3.48. The molecule has 7 nitrogen and oxygen atoms in total. The second-order valence-corrected chi connectivity index (χ2v) is 5.03. The first-order valence-electron chi connectivity index (χ1n) is 6.79. The van der Waals surface area contributed by atoms with Crippen LogP contribution in [0.4, 0.5) is 0 Å². The summed E-state index contributed by atoms with van der Waals surface area (Å²) in [6.07, 6.45) is 0. The molecule has 110 valence electrons. The van der Waals surface area contributed by atoms with Crippen molar-refractivity contribution in [3.63, 3.8) is 0 Å². The van der Waals surface area contributed by atoms with E-state index in [-0.39, 0.29) is 5.91 Å². The van der Waals surface area contributed by atoms with Crippen molar-refractivity contribution < 1.29 is 9.53 Å². The van der Waals surface area contributed by atoms with Crippen LogP contribution in [0.2, 0.25) is 0 Å². The Kier molecular flexibility index (Phi) is 3.32. The number of ether oxygens (including phenoxy) is 1. The summed E-state index contributed by atoms with van der Waals surface area (Å²) in [5, 5.41) is 4.29. The topological polar surface area (TPSA) is 73.1 Å². The molecule has 1 aliphatic heterocycles. The van der Waals surface area contributed by atoms with Gasteiger partial charge in [-0.3, -0.25) is 4.79 Å². The lowest BCUT2D eigenvalue weighted by molar-refractivity contribution is 0.0698. The molecule has 0 atom stereocenters. The summed E-state index contributed by atoms with van der Waals surface area (Å²) in [6.45, 7) is 5.43. The van der Waals surface area contributed by atoms with Gasteiger partial charge in [0, 0.05) is 12.2 Å². The molecule has 2 aromatic rings. The van der Waals surface area contributed by atoms with Gasteiger partial charge in [-0.05, 0) is 26.0 Å². The smallest absolute Gasteiger partial charge is 0.259 e. The quantitative estimate of drug-likeness (QED) is 0.822. The third-order valence-corrected chi connectivity index (χ3v) is 3.48. The van der Waals surface area contributed by atoms with Crippen LogP contribution in [0.1, 0.15) is 27.7 Å². The number of fused-ring (bicyclic) bond motifs is 1. The van der Waals surface area contributed by atoms with Crippen molar-refractivity contribution in [1.29, 1.82) is 0 Å². The van der Waals surface area contributed by atoms with Crippen LogP contribution in [0, 0.1) is 13.8 Å². The number of pyridine rings is 1. The van der Waals surface area contributed by atoms with E-state index in [2.05, 4.69) is 15.1 Å². The van der Waals surface area contributed by atoms with Gasteiger partial charge in [0.15, 0.2) is 0 Å². The van der Waals surface area contributed by atoms with Gasteiger partial charge in [0.05, 0.1) is 20.2 Å². The average molecular weight is 287 g/mol. The molecule has 3 rings (SSSR count). The number of carbonyl (C=O) groups is 1.